The highest BCUT2D eigenvalue weighted by molar-refractivity contribution is 6.32. The predicted octanol–water partition coefficient (Wildman–Crippen LogP) is 3.15. The van der Waals surface area contributed by atoms with Crippen molar-refractivity contribution in [3.63, 3.8) is 0 Å². The molecule has 0 bridgehead atoms. The topological polar surface area (TPSA) is 28.7 Å². The predicted molar refractivity (Wildman–Crippen MR) is 56.3 cm³/mol. The number of nitrogens with zero attached hydrogens (tertiary/aromatic N) is 1. The summed E-state index contributed by atoms with van der Waals surface area (Å²) in [6.45, 7) is 0. The maximum atomic E-state index is 5.83. The van der Waals surface area contributed by atoms with Crippen LogP contribution in [0.3, 0.4) is 0 Å². The van der Waals surface area contributed by atoms with Gasteiger partial charge in [-0.15, -0.1) is 12.4 Å². The van der Waals surface area contributed by atoms with Crippen molar-refractivity contribution in [3.05, 3.63) is 41.7 Å². The number of benzene rings is 1. The van der Waals surface area contributed by atoms with E-state index < -0.39 is 0 Å². The summed E-state index contributed by atoms with van der Waals surface area (Å²) in [4.78, 5) is 0. The van der Waals surface area contributed by atoms with Crippen molar-refractivity contribution in [2.75, 3.05) is 0 Å². The molecule has 0 aliphatic carbocycles. The van der Waals surface area contributed by atoms with Gasteiger partial charge in [0.05, 0.1) is 0 Å². The van der Waals surface area contributed by atoms with Crippen LogP contribution >= 0.6 is 24.0 Å². The highest BCUT2D eigenvalue weighted by Gasteiger charge is 2.03. The van der Waals surface area contributed by atoms with Crippen LogP contribution in [0.4, 0.5) is 0 Å². The fourth-order valence-corrected chi connectivity index (χ4v) is 1.31. The summed E-state index contributed by atoms with van der Waals surface area (Å²) in [6, 6.07) is 9.91. The molecule has 0 aliphatic heterocycles. The van der Waals surface area contributed by atoms with E-state index in [1.54, 1.807) is 6.20 Å². The van der Waals surface area contributed by atoms with E-state index in [1.807, 2.05) is 30.3 Å². The van der Waals surface area contributed by atoms with Gasteiger partial charge in [-0.3, -0.25) is 5.10 Å². The lowest BCUT2D eigenvalue weighted by Crippen LogP contribution is -1.72. The van der Waals surface area contributed by atoms with Crippen molar-refractivity contribution in [1.82, 2.24) is 10.2 Å². The quantitative estimate of drug-likeness (QED) is 0.777. The van der Waals surface area contributed by atoms with Gasteiger partial charge < -0.3 is 0 Å². The maximum Gasteiger partial charge on any atom is 0.158 e. The Morgan fingerprint density at radius 2 is 1.85 bits per heavy atom. The van der Waals surface area contributed by atoms with Crippen LogP contribution < -0.4 is 0 Å². The number of aromatic nitrogens is 2. The normalized spacial score (nSPS) is 9.31. The summed E-state index contributed by atoms with van der Waals surface area (Å²) in [6.07, 6.45) is 1.79. The van der Waals surface area contributed by atoms with Crippen molar-refractivity contribution in [2.45, 2.75) is 0 Å². The molecular weight excluding hydrogens is 207 g/mol. The number of halogens is 2. The fraction of sp³-hybridized carbons (Fsp3) is 0. The van der Waals surface area contributed by atoms with E-state index >= 15 is 0 Å². The molecule has 68 valence electrons. The lowest BCUT2D eigenvalue weighted by Gasteiger charge is -1.94. The number of H-pyrrole nitrogens is 1. The Bertz CT molecular complexity index is 370. The Kier molecular flexibility index (Phi) is 3.34. The molecule has 0 amide bonds. The van der Waals surface area contributed by atoms with E-state index in [4.69, 9.17) is 11.6 Å². The van der Waals surface area contributed by atoms with Gasteiger partial charge in [-0.2, -0.15) is 5.10 Å². The molecule has 4 heteroatoms. The molecule has 0 saturated heterocycles. The highest BCUT2D eigenvalue weighted by atomic mass is 35.5. The molecule has 0 radical (unpaired) electrons. The zero-order chi connectivity index (χ0) is 8.39. The summed E-state index contributed by atoms with van der Waals surface area (Å²) in [5.74, 6) is 0. The first-order valence-electron chi connectivity index (χ1n) is 3.62. The first-order chi connectivity index (χ1) is 5.88. The van der Waals surface area contributed by atoms with Gasteiger partial charge in [-0.05, 0) is 5.56 Å². The molecule has 1 aromatic carbocycles. The van der Waals surface area contributed by atoms with Gasteiger partial charge >= 0.3 is 0 Å². The smallest absolute Gasteiger partial charge is 0.158 e. The molecule has 2 aromatic rings. The molecular formula is C9H8Cl2N2. The molecule has 1 heterocycles. The van der Waals surface area contributed by atoms with Crippen LogP contribution in [0, 0.1) is 0 Å². The first-order valence-corrected chi connectivity index (χ1v) is 4.00. The van der Waals surface area contributed by atoms with Crippen LogP contribution in [0.1, 0.15) is 0 Å². The number of rotatable bonds is 1. The molecule has 0 aliphatic rings. The zero-order valence-corrected chi connectivity index (χ0v) is 8.27. The number of aromatic amines is 1. The molecule has 2 nitrogen and oxygen atoms in total. The van der Waals surface area contributed by atoms with Gasteiger partial charge in [-0.25, -0.2) is 0 Å². The summed E-state index contributed by atoms with van der Waals surface area (Å²) >= 11 is 5.83. The SMILES string of the molecule is Cl.Clc1n[nH]cc1-c1ccccc1. The molecule has 0 unspecified atom stereocenters. The lowest BCUT2D eigenvalue weighted by molar-refractivity contribution is 1.09. The second-order valence-corrected chi connectivity index (χ2v) is 2.81. The van der Waals surface area contributed by atoms with Crippen LogP contribution in [0.25, 0.3) is 11.1 Å². The molecule has 0 fully saturated rings. The van der Waals surface area contributed by atoms with Gasteiger partial charge in [-0.1, -0.05) is 41.9 Å². The molecule has 0 atom stereocenters. The summed E-state index contributed by atoms with van der Waals surface area (Å²) < 4.78 is 0. The Morgan fingerprint density at radius 1 is 1.15 bits per heavy atom. The van der Waals surface area contributed by atoms with Gasteiger partial charge in [0.15, 0.2) is 5.15 Å². The van der Waals surface area contributed by atoms with Gasteiger partial charge in [0.1, 0.15) is 0 Å². The maximum absolute atomic E-state index is 5.83. The lowest BCUT2D eigenvalue weighted by atomic mass is 10.1. The molecule has 2 rings (SSSR count). The van der Waals surface area contributed by atoms with Gasteiger partial charge in [0, 0.05) is 11.8 Å². The third-order valence-electron chi connectivity index (χ3n) is 1.68. The van der Waals surface area contributed by atoms with E-state index in [-0.39, 0.29) is 12.4 Å². The number of nitrogens with one attached hydrogen (secondary N) is 1. The van der Waals surface area contributed by atoms with Crippen LogP contribution in [0.2, 0.25) is 5.15 Å². The minimum atomic E-state index is 0. The number of hydrogen-bond donors (Lipinski definition) is 1. The third kappa shape index (κ3) is 2.02. The molecule has 1 aromatic heterocycles. The Morgan fingerprint density at radius 3 is 2.38 bits per heavy atom. The van der Waals surface area contributed by atoms with E-state index in [0.717, 1.165) is 11.1 Å². The highest BCUT2D eigenvalue weighted by Crippen LogP contribution is 2.24. The van der Waals surface area contributed by atoms with Crippen molar-refractivity contribution in [2.24, 2.45) is 0 Å². The molecule has 0 spiro atoms. The van der Waals surface area contributed by atoms with Crippen molar-refractivity contribution in [3.8, 4) is 11.1 Å². The minimum Gasteiger partial charge on any atom is -0.284 e. The monoisotopic (exact) mass is 214 g/mol. The second kappa shape index (κ2) is 4.30. The average molecular weight is 215 g/mol. The Hall–Kier alpha value is -0.990. The molecule has 0 saturated carbocycles. The van der Waals surface area contributed by atoms with E-state index in [1.165, 1.54) is 0 Å². The van der Waals surface area contributed by atoms with Gasteiger partial charge in [0.25, 0.3) is 0 Å². The van der Waals surface area contributed by atoms with E-state index in [9.17, 15) is 0 Å². The Balaban J connectivity index is 0.000000845. The van der Waals surface area contributed by atoms with Crippen LogP contribution in [0.5, 0.6) is 0 Å². The van der Waals surface area contributed by atoms with Crippen molar-refractivity contribution in [1.29, 1.82) is 0 Å². The fourth-order valence-electron chi connectivity index (χ4n) is 1.09. The van der Waals surface area contributed by atoms with Crippen LogP contribution in [-0.2, 0) is 0 Å². The zero-order valence-electron chi connectivity index (χ0n) is 6.70. The minimum absolute atomic E-state index is 0. The van der Waals surface area contributed by atoms with E-state index in [0.29, 0.717) is 5.15 Å². The van der Waals surface area contributed by atoms with Crippen LogP contribution in [0.15, 0.2) is 36.5 Å². The summed E-state index contributed by atoms with van der Waals surface area (Å²) in [7, 11) is 0. The van der Waals surface area contributed by atoms with E-state index in [2.05, 4.69) is 10.2 Å². The standard InChI is InChI=1S/C9H7ClN2.ClH/c10-9-8(6-11-12-9)7-4-2-1-3-5-7;/h1-6H,(H,11,12);1H. The summed E-state index contributed by atoms with van der Waals surface area (Å²) in [5.41, 5.74) is 2.02. The average Bonchev–Trinajstić information content (AvgIpc) is 2.53. The third-order valence-corrected chi connectivity index (χ3v) is 1.97. The second-order valence-electron chi connectivity index (χ2n) is 2.46. The largest absolute Gasteiger partial charge is 0.284 e. The summed E-state index contributed by atoms with van der Waals surface area (Å²) in [5, 5.41) is 7.06. The van der Waals surface area contributed by atoms with Crippen LogP contribution in [-0.4, -0.2) is 10.2 Å². The Labute approximate surface area is 87.3 Å². The first kappa shape index (κ1) is 10.1. The van der Waals surface area contributed by atoms with Gasteiger partial charge in [0.2, 0.25) is 0 Å². The molecule has 13 heavy (non-hydrogen) atoms. The van der Waals surface area contributed by atoms with Crippen molar-refractivity contribution < 1.29 is 0 Å². The number of hydrogen-bond acceptors (Lipinski definition) is 1. The van der Waals surface area contributed by atoms with Crippen molar-refractivity contribution >= 4 is 24.0 Å². The molecule has 1 N–H and O–H groups in total.